The molecule has 4 rings (SSSR count). The zero-order chi connectivity index (χ0) is 17.7. The summed E-state index contributed by atoms with van der Waals surface area (Å²) < 4.78 is 1.57. The number of aromatic nitrogens is 1. The van der Waals surface area contributed by atoms with Gasteiger partial charge in [-0.2, -0.15) is 0 Å². The summed E-state index contributed by atoms with van der Waals surface area (Å²) in [5.41, 5.74) is 1.20. The Morgan fingerprint density at radius 2 is 1.52 bits per heavy atom. The fraction of sp³-hybridized carbons (Fsp3) is 0.0556. The van der Waals surface area contributed by atoms with Crippen LogP contribution in [0.4, 0.5) is 0 Å². The van der Waals surface area contributed by atoms with E-state index in [0.29, 0.717) is 10.4 Å². The summed E-state index contributed by atoms with van der Waals surface area (Å²) in [6, 6.07) is 13.5. The molecule has 1 aliphatic rings. The Kier molecular flexibility index (Phi) is 3.36. The molecular weight excluding hydrogens is 344 g/mol. The SMILES string of the molecule is Cn1c(C(=O)ON2C(=O)c3ccccc3C2=O)c(Cl)c2ccccc21. The van der Waals surface area contributed by atoms with Gasteiger partial charge in [-0.05, 0) is 18.2 Å². The molecule has 0 saturated heterocycles. The summed E-state index contributed by atoms with van der Waals surface area (Å²) >= 11 is 6.29. The number of nitrogens with zero attached hydrogens (tertiary/aromatic N) is 2. The highest BCUT2D eigenvalue weighted by Crippen LogP contribution is 2.31. The Hall–Kier alpha value is -3.12. The zero-order valence-corrected chi connectivity index (χ0v) is 13.8. The first kappa shape index (κ1) is 15.4. The highest BCUT2D eigenvalue weighted by Gasteiger charge is 2.39. The molecule has 1 aliphatic heterocycles. The number of hydrogen-bond acceptors (Lipinski definition) is 4. The van der Waals surface area contributed by atoms with Gasteiger partial charge in [0.25, 0.3) is 11.8 Å². The molecule has 0 bridgehead atoms. The van der Waals surface area contributed by atoms with Crippen LogP contribution in [0.15, 0.2) is 48.5 Å². The van der Waals surface area contributed by atoms with E-state index in [0.717, 1.165) is 5.52 Å². The average molecular weight is 355 g/mol. The quantitative estimate of drug-likeness (QED) is 0.663. The minimum Gasteiger partial charge on any atom is -0.337 e. The number of fused-ring (bicyclic) bond motifs is 2. The van der Waals surface area contributed by atoms with Crippen LogP contribution in [0.2, 0.25) is 5.02 Å². The van der Waals surface area contributed by atoms with E-state index in [-0.39, 0.29) is 21.8 Å². The monoisotopic (exact) mass is 354 g/mol. The number of imide groups is 1. The topological polar surface area (TPSA) is 68.6 Å². The molecule has 25 heavy (non-hydrogen) atoms. The van der Waals surface area contributed by atoms with Gasteiger partial charge in [0.2, 0.25) is 0 Å². The number of amides is 2. The fourth-order valence-electron chi connectivity index (χ4n) is 2.95. The number of carbonyl (C=O) groups is 3. The number of para-hydroxylation sites is 1. The molecule has 6 nitrogen and oxygen atoms in total. The maximum absolute atomic E-state index is 12.6. The zero-order valence-electron chi connectivity index (χ0n) is 13.0. The third-order valence-corrected chi connectivity index (χ3v) is 4.55. The lowest BCUT2D eigenvalue weighted by atomic mass is 10.1. The van der Waals surface area contributed by atoms with Crippen molar-refractivity contribution in [2.75, 3.05) is 0 Å². The van der Waals surface area contributed by atoms with Gasteiger partial charge in [-0.1, -0.05) is 47.0 Å². The van der Waals surface area contributed by atoms with Gasteiger partial charge < -0.3 is 9.40 Å². The van der Waals surface area contributed by atoms with Crippen LogP contribution in [0, 0.1) is 0 Å². The van der Waals surface area contributed by atoms with Crippen LogP contribution >= 0.6 is 11.6 Å². The van der Waals surface area contributed by atoms with Crippen molar-refractivity contribution in [2.45, 2.75) is 0 Å². The first-order chi connectivity index (χ1) is 12.0. The van der Waals surface area contributed by atoms with Gasteiger partial charge >= 0.3 is 5.97 Å². The number of rotatable bonds is 2. The van der Waals surface area contributed by atoms with Crippen LogP contribution < -0.4 is 0 Å². The average Bonchev–Trinajstić information content (AvgIpc) is 3.02. The molecule has 0 fully saturated rings. The minimum atomic E-state index is -0.877. The number of carbonyl (C=O) groups excluding carboxylic acids is 3. The van der Waals surface area contributed by atoms with E-state index >= 15 is 0 Å². The molecule has 0 spiro atoms. The molecule has 0 saturated carbocycles. The normalized spacial score (nSPS) is 13.4. The summed E-state index contributed by atoms with van der Waals surface area (Å²) in [7, 11) is 1.66. The molecule has 124 valence electrons. The predicted octanol–water partition coefficient (Wildman–Crippen LogP) is 3.20. The predicted molar refractivity (Wildman–Crippen MR) is 90.3 cm³/mol. The Balaban J connectivity index is 1.71. The van der Waals surface area contributed by atoms with E-state index in [9.17, 15) is 14.4 Å². The number of hydrogen-bond donors (Lipinski definition) is 0. The van der Waals surface area contributed by atoms with Crippen molar-refractivity contribution >= 4 is 40.3 Å². The van der Waals surface area contributed by atoms with Crippen LogP contribution in [-0.4, -0.2) is 27.4 Å². The van der Waals surface area contributed by atoms with Crippen molar-refractivity contribution in [3.8, 4) is 0 Å². The van der Waals surface area contributed by atoms with Crippen LogP contribution in [0.1, 0.15) is 31.2 Å². The second kappa shape index (κ2) is 5.46. The van der Waals surface area contributed by atoms with E-state index < -0.39 is 17.8 Å². The number of aryl methyl sites for hydroxylation is 1. The van der Waals surface area contributed by atoms with Crippen molar-refractivity contribution in [1.82, 2.24) is 9.63 Å². The molecule has 3 aromatic rings. The molecular formula is C18H11ClN2O4. The van der Waals surface area contributed by atoms with Gasteiger partial charge in [0.15, 0.2) is 0 Å². The van der Waals surface area contributed by atoms with Gasteiger partial charge in [0.1, 0.15) is 5.69 Å². The fourth-order valence-corrected chi connectivity index (χ4v) is 3.31. The van der Waals surface area contributed by atoms with Gasteiger partial charge in [-0.15, -0.1) is 0 Å². The highest BCUT2D eigenvalue weighted by atomic mass is 35.5. The van der Waals surface area contributed by atoms with Gasteiger partial charge in [-0.3, -0.25) is 9.59 Å². The summed E-state index contributed by atoms with van der Waals surface area (Å²) in [5.74, 6) is -2.23. The van der Waals surface area contributed by atoms with Crippen molar-refractivity contribution in [3.63, 3.8) is 0 Å². The third kappa shape index (κ3) is 2.15. The lowest BCUT2D eigenvalue weighted by molar-refractivity contribution is -0.0590. The standard InChI is InChI=1S/C18H11ClN2O4/c1-20-13-9-5-4-8-12(13)14(19)15(20)18(24)25-21-16(22)10-6-2-3-7-11(10)17(21)23/h2-9H,1H3. The molecule has 7 heteroatoms. The van der Waals surface area contributed by atoms with Crippen molar-refractivity contribution < 1.29 is 19.2 Å². The minimum absolute atomic E-state index is 0.0689. The van der Waals surface area contributed by atoms with Gasteiger partial charge in [0.05, 0.1) is 16.1 Å². The lowest BCUT2D eigenvalue weighted by Gasteiger charge is -2.13. The Labute approximate surface area is 147 Å². The largest absolute Gasteiger partial charge is 0.381 e. The number of benzene rings is 2. The van der Waals surface area contributed by atoms with Crippen LogP contribution in [0.25, 0.3) is 10.9 Å². The summed E-state index contributed by atoms with van der Waals surface area (Å²) in [6.07, 6.45) is 0. The Morgan fingerprint density at radius 3 is 2.12 bits per heavy atom. The summed E-state index contributed by atoms with van der Waals surface area (Å²) in [5, 5.41) is 1.36. The maximum atomic E-state index is 12.6. The van der Waals surface area contributed by atoms with E-state index in [1.807, 2.05) is 6.07 Å². The highest BCUT2D eigenvalue weighted by molar-refractivity contribution is 6.38. The molecule has 0 radical (unpaired) electrons. The number of hydroxylamine groups is 2. The second-order valence-corrected chi connectivity index (χ2v) is 5.95. The Morgan fingerprint density at radius 1 is 0.960 bits per heavy atom. The van der Waals surface area contributed by atoms with E-state index in [4.69, 9.17) is 16.4 Å². The van der Waals surface area contributed by atoms with Crippen molar-refractivity contribution in [1.29, 1.82) is 0 Å². The molecule has 0 unspecified atom stereocenters. The van der Waals surface area contributed by atoms with Crippen molar-refractivity contribution in [3.05, 3.63) is 70.4 Å². The molecule has 2 heterocycles. The first-order valence-corrected chi connectivity index (χ1v) is 7.81. The molecule has 2 amide bonds. The summed E-state index contributed by atoms with van der Waals surface area (Å²) in [6.45, 7) is 0. The van der Waals surface area contributed by atoms with Crippen LogP contribution in [0.5, 0.6) is 0 Å². The van der Waals surface area contributed by atoms with E-state index in [1.165, 1.54) is 12.1 Å². The second-order valence-electron chi connectivity index (χ2n) is 5.57. The first-order valence-electron chi connectivity index (χ1n) is 7.43. The van der Waals surface area contributed by atoms with Crippen LogP contribution in [0.3, 0.4) is 0 Å². The Bertz CT molecular complexity index is 996. The van der Waals surface area contributed by atoms with E-state index in [2.05, 4.69) is 0 Å². The smallest absolute Gasteiger partial charge is 0.337 e. The van der Waals surface area contributed by atoms with Crippen molar-refractivity contribution in [2.24, 2.45) is 7.05 Å². The van der Waals surface area contributed by atoms with E-state index in [1.54, 1.807) is 41.9 Å². The third-order valence-electron chi connectivity index (χ3n) is 4.17. The molecule has 0 N–H and O–H groups in total. The molecule has 2 aromatic carbocycles. The summed E-state index contributed by atoms with van der Waals surface area (Å²) in [4.78, 5) is 42.3. The van der Waals surface area contributed by atoms with Gasteiger partial charge in [-0.25, -0.2) is 4.79 Å². The molecule has 0 aliphatic carbocycles. The maximum Gasteiger partial charge on any atom is 0.381 e. The molecule has 1 aromatic heterocycles. The number of halogens is 1. The van der Waals surface area contributed by atoms with Crippen LogP contribution in [-0.2, 0) is 11.9 Å². The van der Waals surface area contributed by atoms with Gasteiger partial charge in [0, 0.05) is 18.0 Å². The molecule has 0 atom stereocenters. The lowest BCUT2D eigenvalue weighted by Crippen LogP contribution is -2.33.